The molecule has 1 aliphatic rings. The van der Waals surface area contributed by atoms with Crippen LogP contribution in [0.25, 0.3) is 0 Å². The molecule has 0 radical (unpaired) electrons. The number of likely N-dealkylation sites (tertiary alicyclic amines) is 1. The Morgan fingerprint density at radius 3 is 2.05 bits per heavy atom. The van der Waals surface area contributed by atoms with E-state index in [0.29, 0.717) is 30.7 Å². The molecule has 0 unspecified atom stereocenters. The molecule has 2 rings (SSSR count). The fraction of sp³-hybridized carbons (Fsp3) is 0.720. The lowest BCUT2D eigenvalue weighted by Gasteiger charge is -2.54. The molecule has 1 saturated heterocycles. The van der Waals surface area contributed by atoms with Gasteiger partial charge >= 0.3 is 18.3 Å². The molecule has 0 bridgehead atoms. The molecule has 4 nitrogen and oxygen atoms in total. The van der Waals surface area contributed by atoms with Crippen LogP contribution in [-0.4, -0.2) is 47.8 Å². The summed E-state index contributed by atoms with van der Waals surface area (Å²) in [7, 11) is 0.997. The van der Waals surface area contributed by atoms with Crippen LogP contribution < -0.4 is 0 Å². The molecule has 0 saturated carbocycles. The molecule has 212 valence electrons. The number of hydrogen-bond donors (Lipinski definition) is 1. The minimum absolute atomic E-state index is 0.0280. The second-order valence-corrected chi connectivity index (χ2v) is 10.7. The van der Waals surface area contributed by atoms with Crippen molar-refractivity contribution in [2.75, 3.05) is 13.7 Å². The molecule has 3 atom stereocenters. The minimum atomic E-state index is -4.77. The number of aliphatic hydroxyl groups is 1. The summed E-state index contributed by atoms with van der Waals surface area (Å²) in [5, 5.41) is 11.7. The third kappa shape index (κ3) is 7.55. The highest BCUT2D eigenvalue weighted by molar-refractivity contribution is 5.69. The van der Waals surface area contributed by atoms with Gasteiger partial charge < -0.3 is 9.84 Å². The van der Waals surface area contributed by atoms with E-state index in [1.54, 1.807) is 0 Å². The third-order valence-electron chi connectivity index (χ3n) is 6.80. The highest BCUT2D eigenvalue weighted by atomic mass is 19.4. The summed E-state index contributed by atoms with van der Waals surface area (Å²) in [4.78, 5) is 12.7. The molecule has 1 fully saturated rings. The van der Waals surface area contributed by atoms with Gasteiger partial charge in [-0.15, -0.1) is 0 Å². The van der Waals surface area contributed by atoms with Crippen LogP contribution in [0.1, 0.15) is 70.4 Å². The van der Waals surface area contributed by atoms with Gasteiger partial charge in [-0.05, 0) is 43.2 Å². The largest absolute Gasteiger partial charge is 0.469 e. The van der Waals surface area contributed by atoms with Crippen molar-refractivity contribution in [3.63, 3.8) is 0 Å². The van der Waals surface area contributed by atoms with Crippen LogP contribution in [0.3, 0.4) is 0 Å². The first-order chi connectivity index (χ1) is 16.7. The SMILES string of the molecule is COC(=O)C[C@@H]1CCN([C@H](CCC(C)(C)C)CCC(F)(F)F)[C@](O)(c2ccc(C(F)(F)F)cc2)C1(F)F. The van der Waals surface area contributed by atoms with Crippen LogP contribution in [0.2, 0.25) is 0 Å². The second-order valence-electron chi connectivity index (χ2n) is 10.7. The Balaban J connectivity index is 2.62. The summed E-state index contributed by atoms with van der Waals surface area (Å²) in [6, 6.07) is 1.30. The molecule has 1 aliphatic heterocycles. The van der Waals surface area contributed by atoms with Crippen molar-refractivity contribution in [1.29, 1.82) is 0 Å². The van der Waals surface area contributed by atoms with Crippen molar-refractivity contribution < 1.29 is 49.8 Å². The Bertz CT molecular complexity index is 890. The normalized spacial score (nSPS) is 24.1. The number of methoxy groups -OCH3 is 1. The van der Waals surface area contributed by atoms with Gasteiger partial charge in [-0.25, -0.2) is 8.78 Å². The molecule has 1 N–H and O–H groups in total. The quantitative estimate of drug-likeness (QED) is 0.284. The Morgan fingerprint density at radius 2 is 1.59 bits per heavy atom. The molecule has 0 amide bonds. The number of ether oxygens (including phenoxy) is 1. The lowest BCUT2D eigenvalue weighted by molar-refractivity contribution is -0.318. The summed E-state index contributed by atoms with van der Waals surface area (Å²) in [5.41, 5.74) is -5.37. The summed E-state index contributed by atoms with van der Waals surface area (Å²) in [5.74, 6) is -6.85. The maximum atomic E-state index is 16.0. The Hall–Kier alpha value is -1.95. The van der Waals surface area contributed by atoms with Crippen LogP contribution >= 0.6 is 0 Å². The summed E-state index contributed by atoms with van der Waals surface area (Å²) >= 11 is 0. The number of carbonyl (C=O) groups excluding carboxylic acids is 1. The predicted octanol–water partition coefficient (Wildman–Crippen LogP) is 6.91. The Morgan fingerprint density at radius 1 is 1.05 bits per heavy atom. The van der Waals surface area contributed by atoms with Gasteiger partial charge in [0.1, 0.15) is 0 Å². The summed E-state index contributed by atoms with van der Waals surface area (Å²) in [6.07, 6.45) is -12.0. The number of nitrogens with zero attached hydrogens (tertiary/aromatic N) is 1. The summed E-state index contributed by atoms with van der Waals surface area (Å²) in [6.45, 7) is 5.18. The predicted molar refractivity (Wildman–Crippen MR) is 119 cm³/mol. The molecule has 1 aromatic carbocycles. The lowest BCUT2D eigenvalue weighted by Crippen LogP contribution is -2.67. The number of benzene rings is 1. The smallest absolute Gasteiger partial charge is 0.416 e. The average molecular weight is 548 g/mol. The Labute approximate surface area is 211 Å². The van der Waals surface area contributed by atoms with Crippen LogP contribution in [0.4, 0.5) is 35.1 Å². The minimum Gasteiger partial charge on any atom is -0.469 e. The first-order valence-corrected chi connectivity index (χ1v) is 11.9. The van der Waals surface area contributed by atoms with E-state index in [9.17, 15) is 36.2 Å². The number of halogens is 8. The highest BCUT2D eigenvalue weighted by Gasteiger charge is 2.65. The fourth-order valence-electron chi connectivity index (χ4n) is 4.71. The molecule has 0 aromatic heterocycles. The Kier molecular flexibility index (Phi) is 9.33. The molecular formula is C25H33F8NO3. The van der Waals surface area contributed by atoms with Crippen LogP contribution in [0.15, 0.2) is 24.3 Å². The van der Waals surface area contributed by atoms with Gasteiger partial charge in [-0.2, -0.15) is 26.3 Å². The fourth-order valence-corrected chi connectivity index (χ4v) is 4.71. The number of esters is 1. The van der Waals surface area contributed by atoms with Gasteiger partial charge in [0.2, 0.25) is 5.72 Å². The van der Waals surface area contributed by atoms with E-state index in [-0.39, 0.29) is 24.8 Å². The maximum Gasteiger partial charge on any atom is 0.416 e. The van der Waals surface area contributed by atoms with Crippen LogP contribution in [-0.2, 0) is 21.4 Å². The monoisotopic (exact) mass is 547 g/mol. The van der Waals surface area contributed by atoms with Gasteiger partial charge in [0.15, 0.2) is 0 Å². The molecule has 12 heteroatoms. The first-order valence-electron chi connectivity index (χ1n) is 11.9. The van der Waals surface area contributed by atoms with Crippen LogP contribution in [0, 0.1) is 11.3 Å². The zero-order chi connectivity index (χ0) is 28.4. The zero-order valence-electron chi connectivity index (χ0n) is 21.1. The van der Waals surface area contributed by atoms with Gasteiger partial charge in [0, 0.05) is 30.5 Å². The number of piperidine rings is 1. The maximum absolute atomic E-state index is 16.0. The van der Waals surface area contributed by atoms with Gasteiger partial charge in [-0.3, -0.25) is 9.69 Å². The van der Waals surface area contributed by atoms with Crippen molar-refractivity contribution in [3.05, 3.63) is 35.4 Å². The molecule has 37 heavy (non-hydrogen) atoms. The number of carbonyl (C=O) groups is 1. The lowest BCUT2D eigenvalue weighted by atomic mass is 9.76. The van der Waals surface area contributed by atoms with E-state index in [2.05, 4.69) is 4.74 Å². The van der Waals surface area contributed by atoms with Crippen LogP contribution in [0.5, 0.6) is 0 Å². The van der Waals surface area contributed by atoms with Crippen molar-refractivity contribution in [2.24, 2.45) is 11.3 Å². The number of rotatable bonds is 8. The third-order valence-corrected chi connectivity index (χ3v) is 6.80. The van der Waals surface area contributed by atoms with E-state index in [1.165, 1.54) is 0 Å². The topological polar surface area (TPSA) is 49.8 Å². The van der Waals surface area contributed by atoms with Crippen molar-refractivity contribution in [3.8, 4) is 0 Å². The average Bonchev–Trinajstić information content (AvgIpc) is 2.76. The van der Waals surface area contributed by atoms with Crippen molar-refractivity contribution in [2.45, 2.75) is 89.3 Å². The molecule has 0 spiro atoms. The standard InChI is InChI=1S/C25H33F8NO3/c1-21(2,3)12-9-19(10-13-22(26,27)28)34-14-11-18(15-20(35)37-4)23(29,30)24(34,36)16-5-7-17(8-6-16)25(31,32)33/h5-8,18-19,36H,9-15H2,1-4H3/t18-,19+,24-/m0/s1. The van der Waals surface area contributed by atoms with Crippen molar-refractivity contribution in [1.82, 2.24) is 4.90 Å². The number of hydrogen-bond acceptors (Lipinski definition) is 4. The van der Waals surface area contributed by atoms with E-state index in [0.717, 1.165) is 12.0 Å². The molecule has 0 aliphatic carbocycles. The van der Waals surface area contributed by atoms with E-state index in [1.807, 2.05) is 20.8 Å². The van der Waals surface area contributed by atoms with E-state index in [4.69, 9.17) is 0 Å². The second kappa shape index (κ2) is 11.0. The van der Waals surface area contributed by atoms with E-state index >= 15 is 8.78 Å². The molecular weight excluding hydrogens is 514 g/mol. The van der Waals surface area contributed by atoms with Gasteiger partial charge in [0.25, 0.3) is 5.92 Å². The highest BCUT2D eigenvalue weighted by Crippen LogP contribution is 2.53. The number of alkyl halides is 8. The van der Waals surface area contributed by atoms with E-state index < -0.39 is 72.3 Å². The molecule has 1 aromatic rings. The zero-order valence-corrected chi connectivity index (χ0v) is 21.1. The molecule has 1 heterocycles. The first kappa shape index (κ1) is 31.3. The summed E-state index contributed by atoms with van der Waals surface area (Å²) < 4.78 is 115. The van der Waals surface area contributed by atoms with Crippen molar-refractivity contribution >= 4 is 5.97 Å². The van der Waals surface area contributed by atoms with Gasteiger partial charge in [-0.1, -0.05) is 32.9 Å². The van der Waals surface area contributed by atoms with Gasteiger partial charge in [0.05, 0.1) is 19.1 Å².